The summed E-state index contributed by atoms with van der Waals surface area (Å²) in [6.45, 7) is -3.37. The van der Waals surface area contributed by atoms with Gasteiger partial charge in [0.15, 0.2) is 30.2 Å². The number of methoxy groups -OCH3 is 1. The molecule has 5 aromatic rings. The molecule has 3 saturated heterocycles. The zero-order chi connectivity index (χ0) is 55.4. The number of carbonyl (C=O) groups excluding carboxylic acids is 1. The third-order valence-electron chi connectivity index (χ3n) is 11.8. The molecular weight excluding hydrogens is 1110 g/mol. The molecule has 5 aromatic heterocycles. The Morgan fingerprint density at radius 1 is 0.816 bits per heavy atom. The average Bonchev–Trinajstić information content (AvgIpc) is 4.16. The van der Waals surface area contributed by atoms with Crippen LogP contribution in [0.2, 0.25) is 0 Å². The summed E-state index contributed by atoms with van der Waals surface area (Å²) >= 11 is 0. The highest BCUT2D eigenvalue weighted by molar-refractivity contribution is 7.66. The molecule has 8 heterocycles. The number of phosphoric ester groups is 3. The van der Waals surface area contributed by atoms with Crippen LogP contribution in [0.3, 0.4) is 0 Å². The van der Waals surface area contributed by atoms with Gasteiger partial charge in [0.25, 0.3) is 17.1 Å². The highest BCUT2D eigenvalue weighted by atomic mass is 31.3. The van der Waals surface area contributed by atoms with Crippen LogP contribution < -0.4 is 38.2 Å². The van der Waals surface area contributed by atoms with E-state index in [9.17, 15) is 72.3 Å². The van der Waals surface area contributed by atoms with E-state index in [4.69, 9.17) is 48.5 Å². The van der Waals surface area contributed by atoms with Gasteiger partial charge in [-0.2, -0.15) is 8.62 Å². The number of aliphatic hydroxyl groups is 3. The fourth-order valence-electron chi connectivity index (χ4n) is 8.44. The smallest absolute Gasteiger partial charge is 0.387 e. The van der Waals surface area contributed by atoms with Gasteiger partial charge in [-0.15, -0.1) is 0 Å². The number of phosphoric acid groups is 4. The van der Waals surface area contributed by atoms with Crippen molar-refractivity contribution >= 4 is 71.3 Å². The molecule has 0 bridgehead atoms. The second kappa shape index (κ2) is 22.0. The van der Waals surface area contributed by atoms with Crippen molar-refractivity contribution in [2.75, 3.05) is 45.4 Å². The second-order valence-electron chi connectivity index (χ2n) is 16.8. The molecule has 3 fully saturated rings. The van der Waals surface area contributed by atoms with Crippen molar-refractivity contribution in [3.05, 3.63) is 62.4 Å². The first kappa shape index (κ1) is 57.1. The lowest BCUT2D eigenvalue weighted by Gasteiger charge is -2.26. The Balaban J connectivity index is 0.948. The minimum absolute atomic E-state index is 0.00237. The average molecular weight is 1160 g/mol. The maximum absolute atomic E-state index is 13.6. The molecule has 5 unspecified atom stereocenters. The highest BCUT2D eigenvalue weighted by Crippen LogP contribution is 2.68. The predicted molar refractivity (Wildman–Crippen MR) is 244 cm³/mol. The lowest BCUT2D eigenvalue weighted by atomic mass is 9.94. The van der Waals surface area contributed by atoms with Gasteiger partial charge in [-0.25, -0.2) is 42.6 Å². The summed E-state index contributed by atoms with van der Waals surface area (Å²) < 4.78 is 109. The minimum atomic E-state index is -6.23. The van der Waals surface area contributed by atoms with Gasteiger partial charge in [-0.3, -0.25) is 56.1 Å². The monoisotopic (exact) mass is 1160 g/mol. The van der Waals surface area contributed by atoms with Gasteiger partial charge in [-0.1, -0.05) is 4.98 Å². The summed E-state index contributed by atoms with van der Waals surface area (Å²) in [7, 11) is -19.7. The number of aryl methyl sites for hydroxylation is 1. The number of hydrogen-bond acceptors (Lipinski definition) is 27. The number of fused-ring (bicyclic) bond motifs is 2. The molecule has 16 atom stereocenters. The van der Waals surface area contributed by atoms with Gasteiger partial charge in [0, 0.05) is 38.8 Å². The Morgan fingerprint density at radius 2 is 1.46 bits per heavy atom. The van der Waals surface area contributed by atoms with Crippen LogP contribution in [0, 0.1) is 5.92 Å². The number of anilines is 2. The number of nitrogens with zero attached hydrogens (tertiary/aromatic N) is 8. The summed E-state index contributed by atoms with van der Waals surface area (Å²) in [4.78, 5) is 112. The van der Waals surface area contributed by atoms with Crippen molar-refractivity contribution in [1.29, 1.82) is 0 Å². The maximum atomic E-state index is 13.6. The first-order valence-corrected chi connectivity index (χ1v) is 27.7. The molecule has 0 aliphatic carbocycles. The van der Waals surface area contributed by atoms with Crippen LogP contribution in [0.4, 0.5) is 11.8 Å². The molecule has 3 aliphatic rings. The number of nitrogens with two attached hydrogens (primary N) is 2. The Morgan fingerprint density at radius 3 is 2.12 bits per heavy atom. The van der Waals surface area contributed by atoms with Crippen LogP contribution >= 0.6 is 31.3 Å². The van der Waals surface area contributed by atoms with E-state index in [-0.39, 0.29) is 34.1 Å². The van der Waals surface area contributed by atoms with Crippen LogP contribution in [0.25, 0.3) is 22.3 Å². The van der Waals surface area contributed by atoms with E-state index in [1.807, 2.05) is 4.98 Å². The summed E-state index contributed by atoms with van der Waals surface area (Å²) in [6.07, 6.45) is -14.4. The summed E-state index contributed by atoms with van der Waals surface area (Å²) in [5.41, 5.74) is 9.11. The molecule has 0 radical (unpaired) electrons. The molecule has 0 saturated carbocycles. The number of aromatic nitrogens is 10. The minimum Gasteiger partial charge on any atom is -0.387 e. The first-order valence-electron chi connectivity index (χ1n) is 21.7. The van der Waals surface area contributed by atoms with Crippen LogP contribution in [0.5, 0.6) is 0 Å². The summed E-state index contributed by atoms with van der Waals surface area (Å²) in [5.74, 6) is -2.29. The number of aromatic amines is 2. The molecule has 3 aliphatic heterocycles. The molecular formula is C34H48N13O25P4+. The molecule has 1 amide bonds. The highest BCUT2D eigenvalue weighted by Gasteiger charge is 2.54. The lowest BCUT2D eigenvalue weighted by molar-refractivity contribution is -0.745. The van der Waals surface area contributed by atoms with Gasteiger partial charge < -0.3 is 70.6 Å². The largest absolute Gasteiger partial charge is 0.490 e. The number of aliphatic hydroxyl groups excluding tert-OH is 3. The number of H-pyrrole nitrogens is 2. The second-order valence-corrected chi connectivity index (χ2v) is 22.8. The standard InChI is InChI=1S/C34H47N13O25P4/c1-37-18(49)6-13-14(67-30(21(13)50)47-12-44(2)20-28(47)42-33(36)43-29(20)53)7-65-74(57,58)71-76(61,62)72-75(59,60)66-9-16-24(25(63-3)32(69-16)46-11-40-19-26(35)38-10-39-27(19)46)70-73(55,56)64-8-15-22(51)23(52)31(68-15)45-5-4-17(48)41-34(45)54/h4-5,10-16,21-25,30-32,50-52H,6-9H2,1-3H3,(H10-,35,36,37,38,39,41,42,43,48,49,53,54,55,56,57,58,59,60,61,62)/p+1/t13-,14-,15-,16-,21-,22-,23-,24-,25-,30?,31-,32-/m1/s1. The van der Waals surface area contributed by atoms with Crippen molar-refractivity contribution in [3.63, 3.8) is 0 Å². The zero-order valence-electron chi connectivity index (χ0n) is 39.1. The zero-order valence-corrected chi connectivity index (χ0v) is 42.7. The van der Waals surface area contributed by atoms with Crippen molar-refractivity contribution in [1.82, 2.24) is 48.9 Å². The molecule has 418 valence electrons. The molecule has 42 heteroatoms. The molecule has 14 N–H and O–H groups in total. The molecule has 76 heavy (non-hydrogen) atoms. The fraction of sp³-hybridized carbons (Fsp3) is 0.559. The van der Waals surface area contributed by atoms with Crippen molar-refractivity contribution < 1.29 is 108 Å². The van der Waals surface area contributed by atoms with Crippen molar-refractivity contribution in [2.45, 2.75) is 73.9 Å². The van der Waals surface area contributed by atoms with Crippen LogP contribution in [-0.2, 0) is 75.8 Å². The number of imidazole rings is 2. The quantitative estimate of drug-likeness (QED) is 0.0243. The number of nitrogens with one attached hydrogen (secondary N) is 3. The van der Waals surface area contributed by atoms with E-state index >= 15 is 0 Å². The number of hydrogen-bond donors (Lipinski definition) is 12. The Bertz CT molecular complexity index is 3370. The number of rotatable bonds is 21. The van der Waals surface area contributed by atoms with E-state index < -0.39 is 154 Å². The lowest BCUT2D eigenvalue weighted by Crippen LogP contribution is -2.45. The number of ether oxygens (including phenoxy) is 4. The van der Waals surface area contributed by atoms with Gasteiger partial charge >= 0.3 is 42.6 Å². The predicted octanol–water partition coefficient (Wildman–Crippen LogP) is -4.48. The van der Waals surface area contributed by atoms with E-state index in [0.29, 0.717) is 0 Å². The van der Waals surface area contributed by atoms with E-state index in [1.54, 1.807) is 0 Å². The Labute approximate surface area is 422 Å². The molecule has 8 rings (SSSR count). The third kappa shape index (κ3) is 12.1. The molecule has 0 aromatic carbocycles. The third-order valence-corrected chi connectivity index (χ3v) is 17.1. The first-order chi connectivity index (χ1) is 35.6. The van der Waals surface area contributed by atoms with Gasteiger partial charge in [-0.05, 0) is 0 Å². The summed E-state index contributed by atoms with van der Waals surface area (Å²) in [6, 6.07) is 0.920. The van der Waals surface area contributed by atoms with Crippen LogP contribution in [0.15, 0.2) is 45.6 Å². The molecule has 38 nitrogen and oxygen atoms in total. The van der Waals surface area contributed by atoms with Crippen molar-refractivity contribution in [2.24, 2.45) is 13.0 Å². The summed E-state index contributed by atoms with van der Waals surface area (Å²) in [5, 5.41) is 35.0. The van der Waals surface area contributed by atoms with Gasteiger partial charge in [0.05, 0.1) is 39.3 Å². The number of nitrogen functional groups attached to an aromatic ring is 2. The SMILES string of the molecule is CNC(=O)C[C@@H]1[C@@H](COP(=O)(O)OP(=O)(O)OP(=O)(O)OC[C@H]2O[C@@H](n3cnc4c(N)ncnc43)[C@H](OC)[C@@H]2OP(=O)(O)OC[C@H]2O[C@@H](n3ccc(=O)[nH]c3=O)[C@H](O)[C@@H]2O)OC([n+]2cn(C)c3c(=O)[nH]c(N)nc32)[C@@H]1O. The van der Waals surface area contributed by atoms with E-state index in [0.717, 1.165) is 36.6 Å². The topological polar surface area (TPSA) is 536 Å². The number of carbonyl (C=O) groups is 1. The van der Waals surface area contributed by atoms with E-state index in [2.05, 4.69) is 38.9 Å². The van der Waals surface area contributed by atoms with Crippen LogP contribution in [0.1, 0.15) is 25.1 Å². The van der Waals surface area contributed by atoms with Crippen molar-refractivity contribution in [3.8, 4) is 0 Å². The molecule has 0 spiro atoms. The number of amides is 1. The fourth-order valence-corrected chi connectivity index (χ4v) is 12.9. The van der Waals surface area contributed by atoms with Crippen LogP contribution in [-0.4, -0.2) is 167 Å². The van der Waals surface area contributed by atoms with E-state index in [1.165, 1.54) is 34.1 Å². The van der Waals surface area contributed by atoms with Gasteiger partial charge in [0.2, 0.25) is 17.7 Å². The Kier molecular flexibility index (Phi) is 16.5. The maximum Gasteiger partial charge on any atom is 0.490 e. The normalized spacial score (nSPS) is 30.0. The van der Waals surface area contributed by atoms with Gasteiger partial charge in [0.1, 0.15) is 54.6 Å². The Hall–Kier alpha value is -5.11.